The van der Waals surface area contributed by atoms with Gasteiger partial charge in [-0.05, 0) is 51.9 Å². The summed E-state index contributed by atoms with van der Waals surface area (Å²) in [6.45, 7) is 4.39. The number of halogens is 1. The van der Waals surface area contributed by atoms with Gasteiger partial charge in [0, 0.05) is 28.3 Å². The second-order valence-corrected chi connectivity index (χ2v) is 9.11. The Balaban J connectivity index is 1.79. The van der Waals surface area contributed by atoms with Crippen LogP contribution in [0.4, 0.5) is 5.69 Å². The van der Waals surface area contributed by atoms with Crippen molar-refractivity contribution in [2.24, 2.45) is 5.41 Å². The molecule has 3 aromatic carbocycles. The van der Waals surface area contributed by atoms with Gasteiger partial charge in [-0.3, -0.25) is 4.79 Å². The average molecular weight is 388 g/mol. The minimum absolute atomic E-state index is 0.0357. The van der Waals surface area contributed by atoms with Crippen LogP contribution < -0.4 is 5.32 Å². The van der Waals surface area contributed by atoms with E-state index < -0.39 is 0 Å². The minimum Gasteiger partial charge on any atom is -0.373 e. The molecule has 140 valence electrons. The van der Waals surface area contributed by atoms with Crippen LogP contribution in [0.25, 0.3) is 16.3 Å². The maximum absolute atomic E-state index is 13.3. The van der Waals surface area contributed by atoms with Crippen molar-refractivity contribution in [2.75, 3.05) is 5.32 Å². The zero-order valence-corrected chi connectivity index (χ0v) is 16.8. The van der Waals surface area contributed by atoms with Crippen molar-refractivity contribution in [3.63, 3.8) is 0 Å². The number of Topliss-reactive ketones (excluding diaryl/α,β-unsaturated/α-hetero) is 1. The first-order valence-electron chi connectivity index (χ1n) is 9.73. The Morgan fingerprint density at radius 3 is 2.50 bits per heavy atom. The molecule has 5 rings (SSSR count). The van der Waals surface area contributed by atoms with Crippen molar-refractivity contribution in [3.8, 4) is 0 Å². The Labute approximate surface area is 170 Å². The minimum atomic E-state index is -0.135. The molecule has 0 unspecified atom stereocenters. The number of ketones is 1. The molecule has 0 radical (unpaired) electrons. The van der Waals surface area contributed by atoms with Crippen molar-refractivity contribution in [1.82, 2.24) is 0 Å². The lowest BCUT2D eigenvalue weighted by Crippen LogP contribution is -2.33. The molecule has 0 bridgehead atoms. The standard InChI is InChI=1S/C25H22ClNO/c1-25(2)13-19-22-18-6-4-3-5-15(18)9-12-20(22)27-24(23(19)21(28)14-25)16-7-10-17(26)11-8-16/h3-12,24,27H,13-14H2,1-2H3/t24-/m1/s1. The highest BCUT2D eigenvalue weighted by atomic mass is 35.5. The van der Waals surface area contributed by atoms with Gasteiger partial charge < -0.3 is 5.32 Å². The Hall–Kier alpha value is -2.58. The van der Waals surface area contributed by atoms with Crippen molar-refractivity contribution in [3.05, 3.63) is 82.4 Å². The first-order chi connectivity index (χ1) is 13.4. The molecule has 0 fully saturated rings. The van der Waals surface area contributed by atoms with Gasteiger partial charge in [0.25, 0.3) is 0 Å². The fourth-order valence-corrected chi connectivity index (χ4v) is 4.87. The smallest absolute Gasteiger partial charge is 0.162 e. The molecule has 3 heteroatoms. The topological polar surface area (TPSA) is 29.1 Å². The summed E-state index contributed by atoms with van der Waals surface area (Å²) in [4.78, 5) is 13.3. The monoisotopic (exact) mass is 387 g/mol. The fourth-order valence-electron chi connectivity index (χ4n) is 4.74. The predicted octanol–water partition coefficient (Wildman–Crippen LogP) is 6.80. The number of allylic oxidation sites excluding steroid dienone is 1. The molecule has 0 aromatic heterocycles. The van der Waals surface area contributed by atoms with Crippen molar-refractivity contribution >= 4 is 39.4 Å². The van der Waals surface area contributed by atoms with Crippen molar-refractivity contribution < 1.29 is 4.79 Å². The lowest BCUT2D eigenvalue weighted by atomic mass is 9.68. The number of rotatable bonds is 1. The SMILES string of the molecule is CC1(C)CC(=O)C2=C(C1)c1c(ccc3ccccc13)N[C@@H]2c1ccc(Cl)cc1. The first-order valence-corrected chi connectivity index (χ1v) is 10.1. The van der Waals surface area contributed by atoms with E-state index in [-0.39, 0.29) is 17.2 Å². The lowest BCUT2D eigenvalue weighted by Gasteiger charge is -2.40. The second-order valence-electron chi connectivity index (χ2n) is 8.67. The normalized spacial score (nSPS) is 20.5. The Morgan fingerprint density at radius 1 is 0.964 bits per heavy atom. The predicted molar refractivity (Wildman–Crippen MR) is 117 cm³/mol. The number of carbonyl (C=O) groups is 1. The van der Waals surface area contributed by atoms with Crippen LogP contribution in [0.2, 0.25) is 5.02 Å². The van der Waals surface area contributed by atoms with E-state index in [0.717, 1.165) is 23.2 Å². The third-order valence-electron chi connectivity index (χ3n) is 5.94. The molecule has 2 nitrogen and oxygen atoms in total. The van der Waals surface area contributed by atoms with Crippen LogP contribution in [0.5, 0.6) is 0 Å². The summed E-state index contributed by atoms with van der Waals surface area (Å²) in [6.07, 6.45) is 1.48. The molecular formula is C25H22ClNO. The molecule has 28 heavy (non-hydrogen) atoms. The number of hydrogen-bond acceptors (Lipinski definition) is 2. The van der Waals surface area contributed by atoms with Crippen molar-refractivity contribution in [1.29, 1.82) is 0 Å². The van der Waals surface area contributed by atoms with Gasteiger partial charge in [0.05, 0.1) is 6.04 Å². The van der Waals surface area contributed by atoms with Crippen LogP contribution in [0.3, 0.4) is 0 Å². The van der Waals surface area contributed by atoms with Gasteiger partial charge in [-0.25, -0.2) is 0 Å². The van der Waals surface area contributed by atoms with Gasteiger partial charge in [-0.15, -0.1) is 0 Å². The third-order valence-corrected chi connectivity index (χ3v) is 6.19. The van der Waals surface area contributed by atoms with Gasteiger partial charge in [-0.2, -0.15) is 0 Å². The molecule has 0 saturated heterocycles. The molecule has 0 saturated carbocycles. The lowest BCUT2D eigenvalue weighted by molar-refractivity contribution is -0.118. The van der Waals surface area contributed by atoms with Gasteiger partial charge in [0.1, 0.15) is 0 Å². The number of benzene rings is 3. The van der Waals surface area contributed by atoms with E-state index in [0.29, 0.717) is 11.4 Å². The van der Waals surface area contributed by atoms with Gasteiger partial charge in [0.15, 0.2) is 5.78 Å². The van der Waals surface area contributed by atoms with Gasteiger partial charge in [0.2, 0.25) is 0 Å². The summed E-state index contributed by atoms with van der Waals surface area (Å²) in [7, 11) is 0. The number of anilines is 1. The quantitative estimate of drug-likeness (QED) is 0.497. The molecule has 1 aliphatic carbocycles. The fraction of sp³-hybridized carbons (Fsp3) is 0.240. The van der Waals surface area contributed by atoms with Crippen LogP contribution in [0.15, 0.2) is 66.2 Å². The molecule has 1 aliphatic heterocycles. The Bertz CT molecular complexity index is 1140. The summed E-state index contributed by atoms with van der Waals surface area (Å²) in [6, 6.07) is 20.4. The highest BCUT2D eigenvalue weighted by molar-refractivity contribution is 6.30. The summed E-state index contributed by atoms with van der Waals surface area (Å²) in [5.41, 5.74) is 5.45. The summed E-state index contributed by atoms with van der Waals surface area (Å²) in [5, 5.41) is 6.78. The third kappa shape index (κ3) is 2.75. The Kier molecular flexibility index (Phi) is 3.89. The molecular weight excluding hydrogens is 366 g/mol. The largest absolute Gasteiger partial charge is 0.373 e. The highest BCUT2D eigenvalue weighted by Crippen LogP contribution is 2.51. The maximum Gasteiger partial charge on any atom is 0.162 e. The van der Waals surface area contributed by atoms with E-state index in [4.69, 9.17) is 11.6 Å². The van der Waals surface area contributed by atoms with Crippen LogP contribution in [0, 0.1) is 5.41 Å². The maximum atomic E-state index is 13.3. The van der Waals surface area contributed by atoms with E-state index in [2.05, 4.69) is 55.6 Å². The second kappa shape index (κ2) is 6.22. The van der Waals surface area contributed by atoms with Gasteiger partial charge in [-0.1, -0.05) is 67.9 Å². The summed E-state index contributed by atoms with van der Waals surface area (Å²) >= 11 is 6.10. The summed E-state index contributed by atoms with van der Waals surface area (Å²) < 4.78 is 0. The zero-order chi connectivity index (χ0) is 19.5. The number of nitrogens with one attached hydrogen (secondary N) is 1. The van der Waals surface area contributed by atoms with E-state index in [1.807, 2.05) is 24.3 Å². The number of carbonyl (C=O) groups excluding carboxylic acids is 1. The van der Waals surface area contributed by atoms with E-state index >= 15 is 0 Å². The van der Waals surface area contributed by atoms with E-state index in [1.54, 1.807) is 0 Å². The molecule has 2 aliphatic rings. The average Bonchev–Trinajstić information content (AvgIpc) is 2.66. The first kappa shape index (κ1) is 17.5. The van der Waals surface area contributed by atoms with Crippen LogP contribution in [-0.4, -0.2) is 5.78 Å². The molecule has 1 atom stereocenters. The zero-order valence-electron chi connectivity index (χ0n) is 16.1. The molecule has 0 amide bonds. The summed E-state index contributed by atoms with van der Waals surface area (Å²) in [5.74, 6) is 0.247. The molecule has 0 spiro atoms. The van der Waals surface area contributed by atoms with E-state index in [9.17, 15) is 4.79 Å². The molecule has 1 N–H and O–H groups in total. The number of fused-ring (bicyclic) bond motifs is 4. The molecule has 1 heterocycles. The van der Waals surface area contributed by atoms with Crippen LogP contribution in [-0.2, 0) is 4.79 Å². The van der Waals surface area contributed by atoms with Gasteiger partial charge >= 0.3 is 0 Å². The van der Waals surface area contributed by atoms with E-state index in [1.165, 1.54) is 21.9 Å². The van der Waals surface area contributed by atoms with Crippen LogP contribution in [0.1, 0.15) is 43.9 Å². The Morgan fingerprint density at radius 2 is 1.71 bits per heavy atom. The number of hydrogen-bond donors (Lipinski definition) is 1. The van der Waals surface area contributed by atoms with Crippen LogP contribution >= 0.6 is 11.6 Å². The molecule has 3 aromatic rings. The van der Waals surface area contributed by atoms with Crippen molar-refractivity contribution in [2.45, 2.75) is 32.7 Å². The highest BCUT2D eigenvalue weighted by Gasteiger charge is 2.40.